The fourth-order valence-electron chi connectivity index (χ4n) is 2.87. The number of carbonyl (C=O) groups is 1. The van der Waals surface area contributed by atoms with Crippen LogP contribution in [0.5, 0.6) is 0 Å². The molecule has 25 heavy (non-hydrogen) atoms. The second-order valence-electron chi connectivity index (χ2n) is 7.07. The molecule has 0 fully saturated rings. The van der Waals surface area contributed by atoms with Crippen molar-refractivity contribution in [2.75, 3.05) is 6.61 Å². The summed E-state index contributed by atoms with van der Waals surface area (Å²) in [7, 11) is 0. The molecule has 0 amide bonds. The van der Waals surface area contributed by atoms with Gasteiger partial charge in [0.25, 0.3) is 0 Å². The maximum atomic E-state index is 11.1. The summed E-state index contributed by atoms with van der Waals surface area (Å²) >= 11 is 0. The Bertz CT molecular complexity index is 312. The van der Waals surface area contributed by atoms with Gasteiger partial charge in [0.2, 0.25) is 0 Å². The Hall–Kier alpha value is -0.830. The van der Waals surface area contributed by atoms with Crippen LogP contribution >= 0.6 is 0 Å². The minimum Gasteiger partial charge on any atom is -0.479 e. The smallest absolute Gasteiger partial charge is 0.332 e. The van der Waals surface area contributed by atoms with Crippen LogP contribution in [0, 0.1) is 0 Å². The minimum absolute atomic E-state index is 0.566. The van der Waals surface area contributed by atoms with Gasteiger partial charge in [-0.3, -0.25) is 0 Å². The number of hydrogen-bond donors (Lipinski definition) is 1. The fourth-order valence-corrected chi connectivity index (χ4v) is 2.87. The van der Waals surface area contributed by atoms with Crippen LogP contribution in [0.15, 0.2) is 12.2 Å². The first-order chi connectivity index (χ1) is 12.2. The molecular formula is C22H42O3. The summed E-state index contributed by atoms with van der Waals surface area (Å²) in [6, 6.07) is 0. The third-order valence-corrected chi connectivity index (χ3v) is 4.57. The van der Waals surface area contributed by atoms with Crippen molar-refractivity contribution in [1.82, 2.24) is 0 Å². The molecule has 0 aromatic rings. The number of unbranched alkanes of at least 4 members (excludes halogenated alkanes) is 11. The second-order valence-corrected chi connectivity index (χ2v) is 7.07. The highest BCUT2D eigenvalue weighted by molar-refractivity contribution is 5.72. The SMILES string of the molecule is CCCCCCCC/C=C\CCCCCCC(OCCCC)C(=O)O. The third-order valence-electron chi connectivity index (χ3n) is 4.57. The summed E-state index contributed by atoms with van der Waals surface area (Å²) in [4.78, 5) is 11.1. The highest BCUT2D eigenvalue weighted by atomic mass is 16.5. The van der Waals surface area contributed by atoms with Gasteiger partial charge in [0.1, 0.15) is 0 Å². The molecular weight excluding hydrogens is 312 g/mol. The van der Waals surface area contributed by atoms with E-state index in [1.807, 2.05) is 0 Å². The summed E-state index contributed by atoms with van der Waals surface area (Å²) in [5.41, 5.74) is 0. The first-order valence-electron chi connectivity index (χ1n) is 10.7. The lowest BCUT2D eigenvalue weighted by atomic mass is 10.1. The molecule has 3 heteroatoms. The monoisotopic (exact) mass is 354 g/mol. The van der Waals surface area contributed by atoms with Gasteiger partial charge in [-0.15, -0.1) is 0 Å². The molecule has 0 saturated carbocycles. The summed E-state index contributed by atoms with van der Waals surface area (Å²) < 4.78 is 5.45. The maximum Gasteiger partial charge on any atom is 0.332 e. The lowest BCUT2D eigenvalue weighted by Crippen LogP contribution is -2.24. The van der Waals surface area contributed by atoms with Gasteiger partial charge in [-0.25, -0.2) is 4.79 Å². The highest BCUT2D eigenvalue weighted by Crippen LogP contribution is 2.12. The number of rotatable bonds is 19. The Balaban J connectivity index is 3.41. The predicted molar refractivity (Wildman–Crippen MR) is 107 cm³/mol. The summed E-state index contributed by atoms with van der Waals surface area (Å²) in [6.45, 7) is 4.91. The minimum atomic E-state index is -0.811. The number of aliphatic carboxylic acids is 1. The summed E-state index contributed by atoms with van der Waals surface area (Å²) in [5, 5.41) is 9.14. The Labute approximate surface area is 156 Å². The van der Waals surface area contributed by atoms with Gasteiger partial charge >= 0.3 is 5.97 Å². The van der Waals surface area contributed by atoms with Gasteiger partial charge in [0.15, 0.2) is 6.10 Å². The second kappa shape index (κ2) is 19.5. The Morgan fingerprint density at radius 2 is 1.32 bits per heavy atom. The molecule has 0 aliphatic carbocycles. The predicted octanol–water partition coefficient (Wildman–Crippen LogP) is 6.90. The zero-order chi connectivity index (χ0) is 18.6. The van der Waals surface area contributed by atoms with Gasteiger partial charge in [-0.05, 0) is 38.5 Å². The first kappa shape index (κ1) is 24.2. The van der Waals surface area contributed by atoms with E-state index in [1.54, 1.807) is 0 Å². The Morgan fingerprint density at radius 1 is 0.800 bits per heavy atom. The van der Waals surface area contributed by atoms with E-state index < -0.39 is 12.1 Å². The fraction of sp³-hybridized carbons (Fsp3) is 0.864. The zero-order valence-corrected chi connectivity index (χ0v) is 16.8. The molecule has 1 atom stereocenters. The van der Waals surface area contributed by atoms with E-state index in [2.05, 4.69) is 26.0 Å². The average Bonchev–Trinajstić information content (AvgIpc) is 2.60. The molecule has 0 radical (unpaired) electrons. The summed E-state index contributed by atoms with van der Waals surface area (Å²) in [5.74, 6) is -0.811. The van der Waals surface area contributed by atoms with Crippen molar-refractivity contribution in [2.24, 2.45) is 0 Å². The van der Waals surface area contributed by atoms with Crippen molar-refractivity contribution in [1.29, 1.82) is 0 Å². The van der Waals surface area contributed by atoms with Crippen molar-refractivity contribution in [3.63, 3.8) is 0 Å². The molecule has 148 valence electrons. The van der Waals surface area contributed by atoms with Gasteiger partial charge in [-0.2, -0.15) is 0 Å². The molecule has 0 saturated heterocycles. The van der Waals surface area contributed by atoms with Crippen LogP contribution in [0.4, 0.5) is 0 Å². The van der Waals surface area contributed by atoms with E-state index >= 15 is 0 Å². The molecule has 1 unspecified atom stereocenters. The molecule has 0 heterocycles. The number of hydrogen-bond acceptors (Lipinski definition) is 2. The molecule has 0 bridgehead atoms. The van der Waals surface area contributed by atoms with Crippen LogP contribution in [0.3, 0.4) is 0 Å². The van der Waals surface area contributed by atoms with Crippen molar-refractivity contribution < 1.29 is 14.6 Å². The zero-order valence-electron chi connectivity index (χ0n) is 16.8. The van der Waals surface area contributed by atoms with E-state index in [9.17, 15) is 4.79 Å². The maximum absolute atomic E-state index is 11.1. The lowest BCUT2D eigenvalue weighted by Gasteiger charge is -2.13. The third kappa shape index (κ3) is 17.8. The van der Waals surface area contributed by atoms with Crippen molar-refractivity contribution in [3.8, 4) is 0 Å². The largest absolute Gasteiger partial charge is 0.479 e. The molecule has 0 rings (SSSR count). The van der Waals surface area contributed by atoms with E-state index in [0.29, 0.717) is 13.0 Å². The topological polar surface area (TPSA) is 46.5 Å². The van der Waals surface area contributed by atoms with Crippen LogP contribution in [0.1, 0.15) is 110 Å². The van der Waals surface area contributed by atoms with Crippen LogP contribution in [0.2, 0.25) is 0 Å². The average molecular weight is 355 g/mol. The van der Waals surface area contributed by atoms with Crippen molar-refractivity contribution >= 4 is 5.97 Å². The van der Waals surface area contributed by atoms with E-state index in [1.165, 1.54) is 57.8 Å². The van der Waals surface area contributed by atoms with Crippen molar-refractivity contribution in [2.45, 2.75) is 116 Å². The van der Waals surface area contributed by atoms with E-state index in [4.69, 9.17) is 9.84 Å². The molecule has 0 spiro atoms. The van der Waals surface area contributed by atoms with Gasteiger partial charge in [0.05, 0.1) is 0 Å². The molecule has 0 aromatic heterocycles. The standard InChI is InChI=1S/C22H42O3/c1-3-5-7-8-9-10-11-12-13-14-15-16-17-18-19-21(22(23)24)25-20-6-4-2/h12-13,21H,3-11,14-20H2,1-2H3,(H,23,24)/b13-12-. The summed E-state index contributed by atoms with van der Waals surface area (Å²) in [6.07, 6.45) is 21.7. The van der Waals surface area contributed by atoms with Crippen molar-refractivity contribution in [3.05, 3.63) is 12.2 Å². The van der Waals surface area contributed by atoms with Crippen LogP contribution < -0.4 is 0 Å². The quantitative estimate of drug-likeness (QED) is 0.203. The normalized spacial score (nSPS) is 12.7. The van der Waals surface area contributed by atoms with E-state index in [-0.39, 0.29) is 0 Å². The van der Waals surface area contributed by atoms with E-state index in [0.717, 1.165) is 32.1 Å². The van der Waals surface area contributed by atoms with Gasteiger partial charge in [-0.1, -0.05) is 83.8 Å². The molecule has 1 N–H and O–H groups in total. The van der Waals surface area contributed by atoms with Gasteiger partial charge in [0, 0.05) is 6.61 Å². The number of carboxylic acids is 1. The Kier molecular flexibility index (Phi) is 18.8. The number of allylic oxidation sites excluding steroid dienone is 2. The highest BCUT2D eigenvalue weighted by Gasteiger charge is 2.16. The molecule has 0 aliphatic heterocycles. The van der Waals surface area contributed by atoms with Gasteiger partial charge < -0.3 is 9.84 Å². The number of ether oxygens (including phenoxy) is 1. The molecule has 0 aromatic carbocycles. The van der Waals surface area contributed by atoms with Crippen LogP contribution in [-0.4, -0.2) is 23.8 Å². The van der Waals surface area contributed by atoms with Crippen LogP contribution in [-0.2, 0) is 9.53 Å². The molecule has 0 aliphatic rings. The first-order valence-corrected chi connectivity index (χ1v) is 10.7. The molecule has 3 nitrogen and oxygen atoms in total. The Morgan fingerprint density at radius 3 is 1.88 bits per heavy atom. The number of carboxylic acid groups (broad SMARTS) is 1. The van der Waals surface area contributed by atoms with Crippen LogP contribution in [0.25, 0.3) is 0 Å². The lowest BCUT2D eigenvalue weighted by molar-refractivity contribution is -0.151.